The van der Waals surface area contributed by atoms with Gasteiger partial charge in [-0.3, -0.25) is 0 Å². The van der Waals surface area contributed by atoms with Gasteiger partial charge in [-0.05, 0) is 112 Å². The smallest absolute Gasteiger partial charge is 0.0537 e. The molecule has 8 aromatic carbocycles. The minimum absolute atomic E-state index is 1.04. The first-order valence-corrected chi connectivity index (χ1v) is 19.5. The lowest BCUT2D eigenvalue weighted by Gasteiger charge is -2.26. The summed E-state index contributed by atoms with van der Waals surface area (Å²) in [6.07, 6.45) is 6.72. The number of anilines is 3. The van der Waals surface area contributed by atoms with Crippen LogP contribution in [0.15, 0.2) is 212 Å². The molecule has 10 rings (SSSR count). The molecule has 56 heavy (non-hydrogen) atoms. The number of aromatic nitrogens is 1. The van der Waals surface area contributed by atoms with Crippen LogP contribution in [0.3, 0.4) is 0 Å². The van der Waals surface area contributed by atoms with Crippen LogP contribution in [0.1, 0.15) is 17.7 Å². The van der Waals surface area contributed by atoms with Gasteiger partial charge in [0.2, 0.25) is 0 Å². The van der Waals surface area contributed by atoms with Gasteiger partial charge in [-0.25, -0.2) is 0 Å². The van der Waals surface area contributed by atoms with E-state index < -0.39 is 0 Å². The van der Waals surface area contributed by atoms with Gasteiger partial charge >= 0.3 is 0 Å². The Balaban J connectivity index is 0.997. The number of rotatable bonds is 8. The highest BCUT2D eigenvalue weighted by molar-refractivity contribution is 5.94. The molecule has 0 saturated heterocycles. The number of hydrogen-bond donors (Lipinski definition) is 0. The molecular formula is C54H40N2. The molecule has 0 saturated carbocycles. The normalized spacial score (nSPS) is 12.1. The van der Waals surface area contributed by atoms with Crippen molar-refractivity contribution in [3.8, 4) is 50.2 Å². The Morgan fingerprint density at radius 2 is 0.875 bits per heavy atom. The zero-order chi connectivity index (χ0) is 37.3. The van der Waals surface area contributed by atoms with E-state index in [1.807, 2.05) is 0 Å². The van der Waals surface area contributed by atoms with Crippen LogP contribution in [0.4, 0.5) is 17.1 Å². The van der Waals surface area contributed by atoms with E-state index in [2.05, 4.69) is 228 Å². The summed E-state index contributed by atoms with van der Waals surface area (Å²) in [7, 11) is 0. The SMILES string of the molecule is C1=Cc2c(n(-c3ccc(-c4ccccc4)c(-c4ccc(-c5ccc(N(c6ccccc6)c6ccc(-c7ccccc7)cc6)cc5)cc4)c3)c3ccccc23)CC1. The molecule has 0 bridgehead atoms. The number of allylic oxidation sites excluding steroid dienone is 1. The summed E-state index contributed by atoms with van der Waals surface area (Å²) in [6.45, 7) is 0. The van der Waals surface area contributed by atoms with Gasteiger partial charge in [0, 0.05) is 39.4 Å². The maximum Gasteiger partial charge on any atom is 0.0537 e. The van der Waals surface area contributed by atoms with Crippen molar-refractivity contribution < 1.29 is 0 Å². The van der Waals surface area contributed by atoms with Crippen molar-refractivity contribution in [1.29, 1.82) is 0 Å². The van der Waals surface area contributed by atoms with E-state index in [1.54, 1.807) is 0 Å². The topological polar surface area (TPSA) is 8.17 Å². The van der Waals surface area contributed by atoms with Gasteiger partial charge in [0.15, 0.2) is 0 Å². The summed E-state index contributed by atoms with van der Waals surface area (Å²) in [6, 6.07) is 74.6. The summed E-state index contributed by atoms with van der Waals surface area (Å²) in [5, 5.41) is 1.32. The summed E-state index contributed by atoms with van der Waals surface area (Å²) < 4.78 is 2.48. The molecule has 0 N–H and O–H groups in total. The van der Waals surface area contributed by atoms with Crippen molar-refractivity contribution in [3.05, 3.63) is 224 Å². The van der Waals surface area contributed by atoms with Crippen molar-refractivity contribution in [3.63, 3.8) is 0 Å². The fourth-order valence-electron chi connectivity index (χ4n) is 8.35. The van der Waals surface area contributed by atoms with E-state index in [0.29, 0.717) is 0 Å². The number of para-hydroxylation sites is 2. The molecule has 0 amide bonds. The van der Waals surface area contributed by atoms with Gasteiger partial charge in [0.25, 0.3) is 0 Å². The third kappa shape index (κ3) is 6.22. The van der Waals surface area contributed by atoms with Crippen LogP contribution in [-0.4, -0.2) is 4.57 Å². The van der Waals surface area contributed by atoms with Crippen LogP contribution in [0.5, 0.6) is 0 Å². The lowest BCUT2D eigenvalue weighted by Crippen LogP contribution is -2.09. The lowest BCUT2D eigenvalue weighted by atomic mass is 9.92. The van der Waals surface area contributed by atoms with Gasteiger partial charge in [0.05, 0.1) is 5.52 Å². The minimum atomic E-state index is 1.04. The highest BCUT2D eigenvalue weighted by atomic mass is 15.1. The molecule has 1 aromatic heterocycles. The molecule has 266 valence electrons. The zero-order valence-corrected chi connectivity index (χ0v) is 31.1. The van der Waals surface area contributed by atoms with E-state index in [-0.39, 0.29) is 0 Å². The first-order chi connectivity index (χ1) is 27.8. The Kier molecular flexibility index (Phi) is 8.70. The molecule has 1 heterocycles. The fraction of sp³-hybridized carbons (Fsp3) is 0.0370. The second-order valence-corrected chi connectivity index (χ2v) is 14.5. The van der Waals surface area contributed by atoms with Crippen LogP contribution in [0.25, 0.3) is 67.2 Å². The lowest BCUT2D eigenvalue weighted by molar-refractivity contribution is 0.889. The molecule has 1 aliphatic rings. The number of fused-ring (bicyclic) bond motifs is 3. The highest BCUT2D eigenvalue weighted by Gasteiger charge is 2.20. The molecule has 2 nitrogen and oxygen atoms in total. The molecular weight excluding hydrogens is 677 g/mol. The molecule has 1 aliphatic carbocycles. The van der Waals surface area contributed by atoms with E-state index in [1.165, 1.54) is 72.4 Å². The van der Waals surface area contributed by atoms with Gasteiger partial charge < -0.3 is 9.47 Å². The molecule has 0 fully saturated rings. The van der Waals surface area contributed by atoms with E-state index in [4.69, 9.17) is 0 Å². The van der Waals surface area contributed by atoms with Crippen LogP contribution in [0, 0.1) is 0 Å². The minimum Gasteiger partial charge on any atom is -0.313 e. The third-order valence-electron chi connectivity index (χ3n) is 11.1. The third-order valence-corrected chi connectivity index (χ3v) is 11.1. The Hall–Kier alpha value is -7.16. The van der Waals surface area contributed by atoms with Crippen molar-refractivity contribution in [2.24, 2.45) is 0 Å². The van der Waals surface area contributed by atoms with Crippen molar-refractivity contribution >= 4 is 34.0 Å². The van der Waals surface area contributed by atoms with Crippen LogP contribution >= 0.6 is 0 Å². The van der Waals surface area contributed by atoms with Crippen molar-refractivity contribution in [2.75, 3.05) is 4.90 Å². The van der Waals surface area contributed by atoms with Crippen molar-refractivity contribution in [1.82, 2.24) is 4.57 Å². The number of nitrogens with zero attached hydrogens (tertiary/aromatic N) is 2. The number of benzene rings is 8. The molecule has 0 unspecified atom stereocenters. The summed E-state index contributed by atoms with van der Waals surface area (Å²) in [5.41, 5.74) is 18.2. The van der Waals surface area contributed by atoms with Gasteiger partial charge in [-0.1, -0.05) is 164 Å². The Labute approximate surface area is 328 Å². The Bertz CT molecular complexity index is 2800. The second-order valence-electron chi connectivity index (χ2n) is 14.5. The monoisotopic (exact) mass is 716 g/mol. The average Bonchev–Trinajstić information content (AvgIpc) is 3.62. The van der Waals surface area contributed by atoms with Crippen LogP contribution in [-0.2, 0) is 6.42 Å². The predicted octanol–water partition coefficient (Wildman–Crippen LogP) is 14.7. The van der Waals surface area contributed by atoms with E-state index in [0.717, 1.165) is 29.9 Å². The Morgan fingerprint density at radius 1 is 0.393 bits per heavy atom. The second kappa shape index (κ2) is 14.6. The van der Waals surface area contributed by atoms with Gasteiger partial charge in [0.1, 0.15) is 0 Å². The van der Waals surface area contributed by atoms with Gasteiger partial charge in [-0.2, -0.15) is 0 Å². The van der Waals surface area contributed by atoms with Crippen LogP contribution in [0.2, 0.25) is 0 Å². The summed E-state index contributed by atoms with van der Waals surface area (Å²) in [5.74, 6) is 0. The molecule has 0 radical (unpaired) electrons. The quantitative estimate of drug-likeness (QED) is 0.152. The standard InChI is InChI=1S/C54H40N2/c1-4-14-39(15-5-1)41-28-32-46(33-29-41)55(45-18-8-3-9-19-45)47-34-30-42(31-35-47)40-24-26-44(27-25-40)52-38-48(36-37-49(52)43-16-6-2-7-17-43)56-53-22-12-10-20-50(53)51-21-11-13-23-54(51)56/h1-12,14-22,24-38H,13,23H2. The average molecular weight is 717 g/mol. The molecule has 0 aliphatic heterocycles. The predicted molar refractivity (Wildman–Crippen MR) is 237 cm³/mol. The molecule has 0 atom stereocenters. The fourth-order valence-corrected chi connectivity index (χ4v) is 8.35. The van der Waals surface area contributed by atoms with Crippen LogP contribution < -0.4 is 4.90 Å². The number of hydrogen-bond acceptors (Lipinski definition) is 1. The zero-order valence-electron chi connectivity index (χ0n) is 31.1. The highest BCUT2D eigenvalue weighted by Crippen LogP contribution is 2.40. The molecule has 2 heteroatoms. The first-order valence-electron chi connectivity index (χ1n) is 19.5. The summed E-state index contributed by atoms with van der Waals surface area (Å²) in [4.78, 5) is 2.32. The maximum atomic E-state index is 2.48. The molecule has 0 spiro atoms. The summed E-state index contributed by atoms with van der Waals surface area (Å²) >= 11 is 0. The van der Waals surface area contributed by atoms with Crippen molar-refractivity contribution in [2.45, 2.75) is 12.8 Å². The first kappa shape index (κ1) is 33.4. The maximum absolute atomic E-state index is 2.48. The van der Waals surface area contributed by atoms with Gasteiger partial charge in [-0.15, -0.1) is 0 Å². The molecule has 9 aromatic rings. The van der Waals surface area contributed by atoms with E-state index in [9.17, 15) is 0 Å². The largest absolute Gasteiger partial charge is 0.313 e. The Morgan fingerprint density at radius 3 is 1.52 bits per heavy atom. The van der Waals surface area contributed by atoms with E-state index >= 15 is 0 Å².